The molecular formula is C10H12Ge. The molecule has 0 saturated carbocycles. The van der Waals surface area contributed by atoms with Gasteiger partial charge < -0.3 is 0 Å². The standard InChI is InChI=1S/C10H12.Ge/c1-2-6-10-8-4-3-7-9(10)5-1;/h1-2,5-6H,3-4,7-8H2;. The third-order valence-electron chi connectivity index (χ3n) is 2.26. The molecule has 0 spiro atoms. The van der Waals surface area contributed by atoms with E-state index in [9.17, 15) is 0 Å². The van der Waals surface area contributed by atoms with E-state index >= 15 is 0 Å². The first kappa shape index (κ1) is 8.86. The Balaban J connectivity index is 0.000000605. The normalized spacial score (nSPS) is 14.9. The van der Waals surface area contributed by atoms with Crippen molar-refractivity contribution in [3.63, 3.8) is 0 Å². The topological polar surface area (TPSA) is 0 Å². The summed E-state index contributed by atoms with van der Waals surface area (Å²) in [6.07, 6.45) is 5.38. The molecule has 1 aliphatic rings. The SMILES string of the molecule is [Ge].c1ccc2c(c1)CCCC2. The molecule has 0 saturated heterocycles. The molecule has 0 unspecified atom stereocenters. The van der Waals surface area contributed by atoms with Crippen LogP contribution < -0.4 is 0 Å². The van der Waals surface area contributed by atoms with E-state index < -0.39 is 0 Å². The zero-order valence-electron chi connectivity index (χ0n) is 6.64. The first-order valence-electron chi connectivity index (χ1n) is 4.03. The van der Waals surface area contributed by atoms with Gasteiger partial charge in [0.05, 0.1) is 0 Å². The van der Waals surface area contributed by atoms with E-state index in [4.69, 9.17) is 0 Å². The molecule has 0 atom stereocenters. The van der Waals surface area contributed by atoms with Crippen molar-refractivity contribution < 1.29 is 0 Å². The van der Waals surface area contributed by atoms with E-state index in [2.05, 4.69) is 24.3 Å². The average molecular weight is 205 g/mol. The zero-order chi connectivity index (χ0) is 6.81. The Morgan fingerprint density at radius 1 is 0.818 bits per heavy atom. The molecule has 2 rings (SSSR count). The van der Waals surface area contributed by atoms with Gasteiger partial charge in [-0.3, -0.25) is 0 Å². The maximum atomic E-state index is 2.26. The van der Waals surface area contributed by atoms with Crippen molar-refractivity contribution in [2.45, 2.75) is 25.7 Å². The third kappa shape index (κ3) is 1.86. The van der Waals surface area contributed by atoms with E-state index in [1.54, 1.807) is 11.1 Å². The summed E-state index contributed by atoms with van der Waals surface area (Å²) in [6, 6.07) is 8.80. The van der Waals surface area contributed by atoms with Crippen molar-refractivity contribution in [2.24, 2.45) is 0 Å². The minimum atomic E-state index is 0. The summed E-state index contributed by atoms with van der Waals surface area (Å²) in [5.41, 5.74) is 3.16. The molecule has 1 aromatic carbocycles. The Labute approximate surface area is 79.0 Å². The summed E-state index contributed by atoms with van der Waals surface area (Å²) < 4.78 is 0. The molecule has 0 aromatic heterocycles. The van der Waals surface area contributed by atoms with Gasteiger partial charge in [0.15, 0.2) is 0 Å². The minimum Gasteiger partial charge on any atom is -0.0620 e. The Kier molecular flexibility index (Phi) is 3.19. The molecule has 11 heavy (non-hydrogen) atoms. The molecule has 4 radical (unpaired) electrons. The minimum absolute atomic E-state index is 0. The number of aryl methyl sites for hydroxylation is 2. The van der Waals surface area contributed by atoms with Crippen LogP contribution in [0, 0.1) is 0 Å². The fraction of sp³-hybridized carbons (Fsp3) is 0.400. The van der Waals surface area contributed by atoms with Gasteiger partial charge in [-0.1, -0.05) is 24.3 Å². The Morgan fingerprint density at radius 2 is 1.27 bits per heavy atom. The monoisotopic (exact) mass is 206 g/mol. The fourth-order valence-electron chi connectivity index (χ4n) is 1.68. The van der Waals surface area contributed by atoms with Crippen LogP contribution in [0.1, 0.15) is 24.0 Å². The summed E-state index contributed by atoms with van der Waals surface area (Å²) in [5.74, 6) is 0. The number of hydrogen-bond acceptors (Lipinski definition) is 0. The van der Waals surface area contributed by atoms with E-state index in [1.807, 2.05) is 0 Å². The van der Waals surface area contributed by atoms with Crippen molar-refractivity contribution in [1.82, 2.24) is 0 Å². The van der Waals surface area contributed by atoms with E-state index in [0.717, 1.165) is 0 Å². The van der Waals surface area contributed by atoms with Gasteiger partial charge in [0, 0.05) is 17.6 Å². The molecule has 0 aliphatic heterocycles. The second kappa shape index (κ2) is 3.96. The van der Waals surface area contributed by atoms with Gasteiger partial charge >= 0.3 is 0 Å². The van der Waals surface area contributed by atoms with Gasteiger partial charge in [0.25, 0.3) is 0 Å². The molecule has 56 valence electrons. The van der Waals surface area contributed by atoms with E-state index in [0.29, 0.717) is 0 Å². The second-order valence-corrected chi connectivity index (χ2v) is 2.98. The van der Waals surface area contributed by atoms with Gasteiger partial charge in [0.1, 0.15) is 0 Å². The third-order valence-corrected chi connectivity index (χ3v) is 2.26. The molecule has 0 fully saturated rings. The summed E-state index contributed by atoms with van der Waals surface area (Å²) in [4.78, 5) is 0. The van der Waals surface area contributed by atoms with Crippen molar-refractivity contribution in [2.75, 3.05) is 0 Å². The van der Waals surface area contributed by atoms with Crippen LogP contribution in [0.25, 0.3) is 0 Å². The van der Waals surface area contributed by atoms with Crippen molar-refractivity contribution in [1.29, 1.82) is 0 Å². The molecule has 1 aliphatic carbocycles. The molecule has 0 nitrogen and oxygen atoms in total. The van der Waals surface area contributed by atoms with Gasteiger partial charge in [-0.2, -0.15) is 0 Å². The molecule has 0 heterocycles. The maximum absolute atomic E-state index is 2.26. The summed E-state index contributed by atoms with van der Waals surface area (Å²) >= 11 is 0. The molecule has 0 amide bonds. The average Bonchev–Trinajstić information content (AvgIpc) is 2.05. The Morgan fingerprint density at radius 3 is 1.73 bits per heavy atom. The molecule has 0 bridgehead atoms. The smallest absolute Gasteiger partial charge is 0 e. The zero-order valence-corrected chi connectivity index (χ0v) is 8.74. The second-order valence-electron chi connectivity index (χ2n) is 2.98. The van der Waals surface area contributed by atoms with Crippen molar-refractivity contribution in [3.8, 4) is 0 Å². The van der Waals surface area contributed by atoms with Gasteiger partial charge in [0.2, 0.25) is 0 Å². The van der Waals surface area contributed by atoms with Crippen LogP contribution in [-0.4, -0.2) is 17.6 Å². The summed E-state index contributed by atoms with van der Waals surface area (Å²) in [6.45, 7) is 0. The summed E-state index contributed by atoms with van der Waals surface area (Å²) in [5, 5.41) is 0. The number of fused-ring (bicyclic) bond motifs is 1. The number of rotatable bonds is 0. The van der Waals surface area contributed by atoms with Crippen LogP contribution in [0.5, 0.6) is 0 Å². The van der Waals surface area contributed by atoms with Crippen LogP contribution in [-0.2, 0) is 12.8 Å². The Hall–Kier alpha value is -0.237. The summed E-state index contributed by atoms with van der Waals surface area (Å²) in [7, 11) is 0. The number of benzene rings is 1. The van der Waals surface area contributed by atoms with Crippen molar-refractivity contribution in [3.05, 3.63) is 35.4 Å². The van der Waals surface area contributed by atoms with Gasteiger partial charge in [-0.05, 0) is 36.8 Å². The Bertz CT molecular complexity index is 205. The van der Waals surface area contributed by atoms with Gasteiger partial charge in [-0.25, -0.2) is 0 Å². The van der Waals surface area contributed by atoms with Crippen LogP contribution in [0.3, 0.4) is 0 Å². The quantitative estimate of drug-likeness (QED) is 0.569. The predicted octanol–water partition coefficient (Wildman–Crippen LogP) is 2.18. The molecule has 0 N–H and O–H groups in total. The molecular weight excluding hydrogens is 193 g/mol. The van der Waals surface area contributed by atoms with E-state index in [-0.39, 0.29) is 17.6 Å². The largest absolute Gasteiger partial charge is 0.0620 e. The first-order chi connectivity index (χ1) is 4.97. The molecule has 1 aromatic rings. The van der Waals surface area contributed by atoms with E-state index in [1.165, 1.54) is 25.7 Å². The predicted molar refractivity (Wildman–Crippen MR) is 48.8 cm³/mol. The first-order valence-corrected chi connectivity index (χ1v) is 4.03. The van der Waals surface area contributed by atoms with Crippen LogP contribution in [0.4, 0.5) is 0 Å². The van der Waals surface area contributed by atoms with Crippen LogP contribution in [0.2, 0.25) is 0 Å². The van der Waals surface area contributed by atoms with Crippen LogP contribution >= 0.6 is 0 Å². The van der Waals surface area contributed by atoms with Crippen molar-refractivity contribution >= 4 is 17.6 Å². The fourth-order valence-corrected chi connectivity index (χ4v) is 1.68. The number of hydrogen-bond donors (Lipinski definition) is 0. The van der Waals surface area contributed by atoms with Gasteiger partial charge in [-0.15, -0.1) is 0 Å². The van der Waals surface area contributed by atoms with Crippen LogP contribution in [0.15, 0.2) is 24.3 Å². The molecule has 1 heteroatoms. The maximum Gasteiger partial charge on any atom is 0 e.